The summed E-state index contributed by atoms with van der Waals surface area (Å²) in [7, 11) is 1.78. The first-order chi connectivity index (χ1) is 8.24. The van der Waals surface area contributed by atoms with E-state index in [1.54, 1.807) is 7.11 Å². The minimum atomic E-state index is -0.0150. The Balaban J connectivity index is 0.00000162. The van der Waals surface area contributed by atoms with Gasteiger partial charge in [0.1, 0.15) is 0 Å². The van der Waals surface area contributed by atoms with E-state index in [1.807, 2.05) is 0 Å². The molecule has 0 saturated heterocycles. The summed E-state index contributed by atoms with van der Waals surface area (Å²) in [5.74, 6) is 0.597. The van der Waals surface area contributed by atoms with Gasteiger partial charge < -0.3 is 15.8 Å². The lowest BCUT2D eigenvalue weighted by molar-refractivity contribution is -0.0630. The van der Waals surface area contributed by atoms with Crippen LogP contribution in [-0.2, 0) is 4.74 Å². The molecule has 106 valence electrons. The number of hydrogen-bond donors (Lipinski definition) is 2. The highest BCUT2D eigenvalue weighted by Gasteiger charge is 2.36. The highest BCUT2D eigenvalue weighted by atomic mass is 127. The number of methoxy groups -OCH3 is 1. The van der Waals surface area contributed by atoms with E-state index in [-0.39, 0.29) is 29.6 Å². The molecule has 0 aromatic carbocycles. The Labute approximate surface area is 127 Å². The Kier molecular flexibility index (Phi) is 6.70. The van der Waals surface area contributed by atoms with E-state index in [2.05, 4.69) is 10.3 Å². The van der Waals surface area contributed by atoms with Gasteiger partial charge in [-0.1, -0.05) is 19.3 Å². The lowest BCUT2D eigenvalue weighted by Crippen LogP contribution is -2.45. The Morgan fingerprint density at radius 3 is 2.44 bits per heavy atom. The van der Waals surface area contributed by atoms with Crippen molar-refractivity contribution >= 4 is 29.9 Å². The van der Waals surface area contributed by atoms with Crippen molar-refractivity contribution in [2.75, 3.05) is 13.7 Å². The number of rotatable bonds is 4. The lowest BCUT2D eigenvalue weighted by Gasteiger charge is -2.39. The summed E-state index contributed by atoms with van der Waals surface area (Å²) in [5.41, 5.74) is 5.91. The van der Waals surface area contributed by atoms with E-state index in [4.69, 9.17) is 10.5 Å². The van der Waals surface area contributed by atoms with Gasteiger partial charge >= 0.3 is 0 Å². The number of guanidine groups is 1. The first-order valence-corrected chi connectivity index (χ1v) is 6.86. The molecule has 0 aromatic rings. The zero-order chi connectivity index (χ0) is 12.1. The number of halogens is 1. The summed E-state index contributed by atoms with van der Waals surface area (Å²) in [6, 6.07) is 0.535. The predicted molar refractivity (Wildman–Crippen MR) is 85.5 cm³/mol. The fourth-order valence-corrected chi connectivity index (χ4v) is 2.73. The van der Waals surface area contributed by atoms with Crippen LogP contribution in [0.15, 0.2) is 4.99 Å². The minimum Gasteiger partial charge on any atom is -0.376 e. The largest absolute Gasteiger partial charge is 0.376 e. The summed E-state index contributed by atoms with van der Waals surface area (Å²) in [5, 5.41) is 3.34. The van der Waals surface area contributed by atoms with E-state index in [9.17, 15) is 0 Å². The van der Waals surface area contributed by atoms with E-state index in [0.717, 1.165) is 12.8 Å². The number of hydrogen-bond acceptors (Lipinski definition) is 2. The summed E-state index contributed by atoms with van der Waals surface area (Å²) < 4.78 is 5.52. The highest BCUT2D eigenvalue weighted by molar-refractivity contribution is 14.0. The molecule has 18 heavy (non-hydrogen) atoms. The lowest BCUT2D eigenvalue weighted by atomic mass is 9.80. The Bertz CT molecular complexity index is 268. The van der Waals surface area contributed by atoms with Gasteiger partial charge in [0.05, 0.1) is 12.1 Å². The van der Waals surface area contributed by atoms with E-state index in [0.29, 0.717) is 18.5 Å². The van der Waals surface area contributed by atoms with Crippen LogP contribution in [0.2, 0.25) is 0 Å². The Morgan fingerprint density at radius 2 is 1.94 bits per heavy atom. The maximum absolute atomic E-state index is 5.93. The average Bonchev–Trinajstić information content (AvgIpc) is 2.29. The third kappa shape index (κ3) is 4.26. The molecule has 3 N–H and O–H groups in total. The van der Waals surface area contributed by atoms with Crippen LogP contribution in [0.4, 0.5) is 0 Å². The molecule has 0 heterocycles. The molecular formula is C13H26IN3O. The second-order valence-corrected chi connectivity index (χ2v) is 5.42. The quantitative estimate of drug-likeness (QED) is 0.456. The van der Waals surface area contributed by atoms with Crippen molar-refractivity contribution in [3.63, 3.8) is 0 Å². The van der Waals surface area contributed by atoms with Crippen molar-refractivity contribution < 1.29 is 4.74 Å². The molecule has 0 amide bonds. The summed E-state index contributed by atoms with van der Waals surface area (Å²) in [6.07, 6.45) is 9.92. The molecular weight excluding hydrogens is 341 g/mol. The Morgan fingerprint density at radius 1 is 1.28 bits per heavy atom. The molecule has 0 aliphatic heterocycles. The topological polar surface area (TPSA) is 59.6 Å². The fraction of sp³-hybridized carbons (Fsp3) is 0.923. The molecule has 2 rings (SSSR count). The first kappa shape index (κ1) is 16.0. The van der Waals surface area contributed by atoms with Crippen LogP contribution in [-0.4, -0.2) is 31.3 Å². The molecule has 0 atom stereocenters. The van der Waals surface area contributed by atoms with Gasteiger partial charge in [0.2, 0.25) is 0 Å². The monoisotopic (exact) mass is 367 g/mol. The third-order valence-corrected chi connectivity index (χ3v) is 4.19. The maximum Gasteiger partial charge on any atom is 0.188 e. The molecule has 0 aromatic heterocycles. The predicted octanol–water partition coefficient (Wildman–Crippen LogP) is 2.41. The van der Waals surface area contributed by atoms with Crippen LogP contribution in [0.1, 0.15) is 51.4 Å². The van der Waals surface area contributed by atoms with Crippen molar-refractivity contribution in [1.82, 2.24) is 5.32 Å². The van der Waals surface area contributed by atoms with Gasteiger partial charge in [-0.2, -0.15) is 0 Å². The molecule has 2 aliphatic rings. The smallest absolute Gasteiger partial charge is 0.188 e. The van der Waals surface area contributed by atoms with Crippen LogP contribution in [0.5, 0.6) is 0 Å². The van der Waals surface area contributed by atoms with Gasteiger partial charge in [0.15, 0.2) is 5.96 Å². The van der Waals surface area contributed by atoms with Crippen LogP contribution in [0.3, 0.4) is 0 Å². The molecule has 5 heteroatoms. The average molecular weight is 367 g/mol. The summed E-state index contributed by atoms with van der Waals surface area (Å²) >= 11 is 0. The molecule has 2 fully saturated rings. The number of nitrogens with two attached hydrogens (primary N) is 1. The molecule has 0 radical (unpaired) electrons. The second kappa shape index (κ2) is 7.53. The van der Waals surface area contributed by atoms with Crippen molar-refractivity contribution in [1.29, 1.82) is 0 Å². The third-order valence-electron chi connectivity index (χ3n) is 4.19. The van der Waals surface area contributed by atoms with E-state index >= 15 is 0 Å². The first-order valence-electron chi connectivity index (χ1n) is 6.86. The van der Waals surface area contributed by atoms with Gasteiger partial charge in [-0.05, 0) is 32.1 Å². The zero-order valence-electron chi connectivity index (χ0n) is 11.3. The number of ether oxygens (including phenoxy) is 1. The highest BCUT2D eigenvalue weighted by Crippen LogP contribution is 2.35. The normalized spacial score (nSPS) is 23.9. The summed E-state index contributed by atoms with van der Waals surface area (Å²) in [6.45, 7) is 0.703. The minimum absolute atomic E-state index is 0. The van der Waals surface area contributed by atoms with Gasteiger partial charge in [0, 0.05) is 13.2 Å². The van der Waals surface area contributed by atoms with Gasteiger partial charge in [-0.25, -0.2) is 0 Å². The van der Waals surface area contributed by atoms with Crippen LogP contribution < -0.4 is 11.1 Å². The number of nitrogens with one attached hydrogen (secondary N) is 1. The van der Waals surface area contributed by atoms with Gasteiger partial charge in [0.25, 0.3) is 0 Å². The van der Waals surface area contributed by atoms with Crippen LogP contribution in [0.25, 0.3) is 0 Å². The molecule has 4 nitrogen and oxygen atoms in total. The molecule has 0 bridgehead atoms. The van der Waals surface area contributed by atoms with Crippen molar-refractivity contribution in [3.05, 3.63) is 0 Å². The van der Waals surface area contributed by atoms with E-state index < -0.39 is 0 Å². The molecule has 2 saturated carbocycles. The SMILES string of the molecule is COC1(CN=C(N)NC2CCCCC2)CCC1.I. The molecule has 0 unspecified atom stereocenters. The molecule has 0 spiro atoms. The number of nitrogens with zero attached hydrogens (tertiary/aromatic N) is 1. The number of aliphatic imine (C=N–C) groups is 1. The van der Waals surface area contributed by atoms with Gasteiger partial charge in [-0.3, -0.25) is 4.99 Å². The maximum atomic E-state index is 5.93. The van der Waals surface area contributed by atoms with Crippen LogP contribution in [0, 0.1) is 0 Å². The summed E-state index contributed by atoms with van der Waals surface area (Å²) in [4.78, 5) is 4.44. The fourth-order valence-electron chi connectivity index (χ4n) is 2.73. The van der Waals surface area contributed by atoms with Crippen molar-refractivity contribution in [2.45, 2.75) is 63.0 Å². The standard InChI is InChI=1S/C13H25N3O.HI/c1-17-13(8-5-9-13)10-15-12(14)16-11-6-3-2-4-7-11;/h11H,2-10H2,1H3,(H3,14,15,16);1H. The van der Waals surface area contributed by atoms with E-state index in [1.165, 1.54) is 38.5 Å². The zero-order valence-corrected chi connectivity index (χ0v) is 13.6. The second-order valence-electron chi connectivity index (χ2n) is 5.42. The Hall–Kier alpha value is -0.0400. The van der Waals surface area contributed by atoms with Gasteiger partial charge in [-0.15, -0.1) is 24.0 Å². The van der Waals surface area contributed by atoms with Crippen molar-refractivity contribution in [3.8, 4) is 0 Å². The molecule has 2 aliphatic carbocycles. The van der Waals surface area contributed by atoms with Crippen molar-refractivity contribution in [2.24, 2.45) is 10.7 Å². The van der Waals surface area contributed by atoms with Crippen LogP contribution >= 0.6 is 24.0 Å².